The molecule has 1 heterocycles. The first kappa shape index (κ1) is 12.5. The minimum atomic E-state index is -3.52. The first-order valence-electron chi connectivity index (χ1n) is 4.98. The van der Waals surface area contributed by atoms with Gasteiger partial charge in [-0.05, 0) is 16.0 Å². The van der Waals surface area contributed by atoms with Crippen LogP contribution in [-0.4, -0.2) is 19.9 Å². The van der Waals surface area contributed by atoms with E-state index in [9.17, 15) is 13.2 Å². The van der Waals surface area contributed by atoms with Crippen molar-refractivity contribution in [1.82, 2.24) is 5.27 Å². The van der Waals surface area contributed by atoms with Crippen LogP contribution in [0.4, 0.5) is 0 Å². The molecular weight excluding hydrogens is 260 g/mol. The summed E-state index contributed by atoms with van der Waals surface area (Å²) in [5.74, 6) is 0. The molecule has 1 N–H and O–H groups in total. The molecule has 0 amide bonds. The molecule has 0 unspecified atom stereocenters. The molecule has 0 saturated heterocycles. The molecule has 0 fully saturated rings. The van der Waals surface area contributed by atoms with E-state index < -0.39 is 15.7 Å². The molecule has 7 nitrogen and oxygen atoms in total. The quantitative estimate of drug-likeness (QED) is 0.610. The van der Waals surface area contributed by atoms with Crippen LogP contribution in [0.3, 0.4) is 0 Å². The number of nitrogens with zero attached hydrogens (tertiary/aromatic N) is 1. The lowest BCUT2D eigenvalue weighted by Gasteiger charge is -2.02. The van der Waals surface area contributed by atoms with E-state index in [1.54, 1.807) is 24.3 Å². The van der Waals surface area contributed by atoms with Crippen LogP contribution >= 0.6 is 0 Å². The highest BCUT2D eigenvalue weighted by Gasteiger charge is 2.16. The second-order valence-corrected chi connectivity index (χ2v) is 5.25. The van der Waals surface area contributed by atoms with E-state index in [4.69, 9.17) is 4.18 Å². The van der Waals surface area contributed by atoms with Gasteiger partial charge in [0.25, 0.3) is 16.3 Å². The van der Waals surface area contributed by atoms with Crippen LogP contribution in [-0.2, 0) is 20.9 Å². The highest BCUT2D eigenvalue weighted by atomic mass is 32.2. The second-order valence-electron chi connectivity index (χ2n) is 3.61. The minimum absolute atomic E-state index is 0.116. The third-order valence-corrected chi connectivity index (χ3v) is 2.70. The number of rotatable bonds is 4. The number of aromatic amines is 1. The van der Waals surface area contributed by atoms with Crippen LogP contribution in [0, 0.1) is 0 Å². The predicted octanol–water partition coefficient (Wildman–Crippen LogP) is -0.279. The summed E-state index contributed by atoms with van der Waals surface area (Å²) in [6.45, 7) is -0.116. The Balaban J connectivity index is 2.34. The fourth-order valence-electron chi connectivity index (χ4n) is 1.41. The SMILES string of the molecule is CS(=O)(=O)OCc1ccccc1-[n+]1cc(=O)o[nH]1. The molecule has 8 heteroatoms. The van der Waals surface area contributed by atoms with Crippen LogP contribution in [0.1, 0.15) is 5.56 Å². The molecular formula is C10H11N2O5S+. The third kappa shape index (κ3) is 3.05. The lowest BCUT2D eigenvalue weighted by Crippen LogP contribution is -2.33. The summed E-state index contributed by atoms with van der Waals surface area (Å²) < 4.78 is 32.5. The summed E-state index contributed by atoms with van der Waals surface area (Å²) in [5, 5.41) is 2.38. The van der Waals surface area contributed by atoms with E-state index >= 15 is 0 Å². The van der Waals surface area contributed by atoms with Gasteiger partial charge >= 0.3 is 5.63 Å². The summed E-state index contributed by atoms with van der Waals surface area (Å²) in [7, 11) is -3.52. The molecule has 96 valence electrons. The zero-order valence-electron chi connectivity index (χ0n) is 9.49. The number of aromatic nitrogens is 2. The smallest absolute Gasteiger partial charge is 0.283 e. The van der Waals surface area contributed by atoms with Gasteiger partial charge < -0.3 is 0 Å². The number of H-pyrrole nitrogens is 1. The molecule has 2 aromatic rings. The molecule has 0 aliphatic heterocycles. The zero-order chi connectivity index (χ0) is 13.2. The molecule has 0 saturated carbocycles. The minimum Gasteiger partial charge on any atom is -0.283 e. The fourth-order valence-corrected chi connectivity index (χ4v) is 1.75. The lowest BCUT2D eigenvalue weighted by molar-refractivity contribution is -0.670. The highest BCUT2D eigenvalue weighted by molar-refractivity contribution is 7.85. The Morgan fingerprint density at radius 2 is 2.11 bits per heavy atom. The van der Waals surface area contributed by atoms with E-state index in [-0.39, 0.29) is 6.61 Å². The molecule has 0 aliphatic rings. The van der Waals surface area contributed by atoms with Crippen molar-refractivity contribution in [3.63, 3.8) is 0 Å². The van der Waals surface area contributed by atoms with Crippen molar-refractivity contribution in [2.45, 2.75) is 6.61 Å². The first-order valence-corrected chi connectivity index (χ1v) is 6.80. The van der Waals surface area contributed by atoms with Crippen molar-refractivity contribution >= 4 is 10.1 Å². The van der Waals surface area contributed by atoms with Crippen LogP contribution < -0.4 is 10.3 Å². The van der Waals surface area contributed by atoms with Gasteiger partial charge in [-0.1, -0.05) is 12.1 Å². The van der Waals surface area contributed by atoms with Crippen LogP contribution in [0.25, 0.3) is 5.69 Å². The van der Waals surface area contributed by atoms with E-state index in [0.29, 0.717) is 11.3 Å². The van der Waals surface area contributed by atoms with Crippen molar-refractivity contribution in [3.05, 3.63) is 46.4 Å². The summed E-state index contributed by atoms with van der Waals surface area (Å²) in [4.78, 5) is 10.9. The fraction of sp³-hybridized carbons (Fsp3) is 0.200. The van der Waals surface area contributed by atoms with Crippen molar-refractivity contribution in [2.75, 3.05) is 6.26 Å². The molecule has 1 aromatic carbocycles. The topological polar surface area (TPSA) is 93.2 Å². The maximum atomic E-state index is 11.0. The lowest BCUT2D eigenvalue weighted by atomic mass is 10.2. The number of benzene rings is 1. The third-order valence-electron chi connectivity index (χ3n) is 2.16. The molecule has 0 atom stereocenters. The standard InChI is InChI=1S/C10H10N2O5S/c1-18(14,15)16-7-8-4-2-3-5-9(8)12-6-10(13)17-11-12/h2-6H,7H2,1H3/p+1. The number of nitrogens with one attached hydrogen (secondary N) is 1. The summed E-state index contributed by atoms with van der Waals surface area (Å²) in [6.07, 6.45) is 2.18. The largest absolute Gasteiger partial charge is 0.427 e. The van der Waals surface area contributed by atoms with E-state index in [2.05, 4.69) is 9.79 Å². The molecule has 0 spiro atoms. The number of hydrogen-bond donors (Lipinski definition) is 1. The number of hydrogen-bond acceptors (Lipinski definition) is 5. The molecule has 0 aliphatic carbocycles. The van der Waals surface area contributed by atoms with Gasteiger partial charge in [0.05, 0.1) is 18.4 Å². The Bertz CT molecular complexity index is 701. The maximum Gasteiger partial charge on any atom is 0.427 e. The molecule has 1 aromatic heterocycles. The molecule has 2 rings (SSSR count). The zero-order valence-corrected chi connectivity index (χ0v) is 10.3. The summed E-state index contributed by atoms with van der Waals surface area (Å²) >= 11 is 0. The number of para-hydroxylation sites is 1. The normalized spacial score (nSPS) is 11.6. The summed E-state index contributed by atoms with van der Waals surface area (Å²) in [5.41, 5.74) is 0.644. The Labute approximate surface area is 103 Å². The van der Waals surface area contributed by atoms with Crippen molar-refractivity contribution in [3.8, 4) is 5.69 Å². The Morgan fingerprint density at radius 3 is 2.72 bits per heavy atom. The van der Waals surface area contributed by atoms with Gasteiger partial charge in [0, 0.05) is 6.07 Å². The van der Waals surface area contributed by atoms with Gasteiger partial charge in [-0.3, -0.25) is 8.71 Å². The van der Waals surface area contributed by atoms with Gasteiger partial charge in [-0.15, -0.1) is 0 Å². The Kier molecular flexibility index (Phi) is 3.30. The van der Waals surface area contributed by atoms with E-state index in [0.717, 1.165) is 6.26 Å². The van der Waals surface area contributed by atoms with Gasteiger partial charge in [0.1, 0.15) is 0 Å². The molecule has 0 bridgehead atoms. The Hall–Kier alpha value is -1.93. The van der Waals surface area contributed by atoms with Gasteiger partial charge in [0.2, 0.25) is 5.69 Å². The van der Waals surface area contributed by atoms with Crippen molar-refractivity contribution < 1.29 is 21.8 Å². The average Bonchev–Trinajstić information content (AvgIpc) is 2.72. The van der Waals surface area contributed by atoms with Crippen LogP contribution in [0.15, 0.2) is 39.8 Å². The monoisotopic (exact) mass is 271 g/mol. The second kappa shape index (κ2) is 4.75. The van der Waals surface area contributed by atoms with E-state index in [1.807, 2.05) is 0 Å². The maximum absolute atomic E-state index is 11.0. The van der Waals surface area contributed by atoms with E-state index in [1.165, 1.54) is 10.9 Å². The van der Waals surface area contributed by atoms with Gasteiger partial charge in [0.15, 0.2) is 0 Å². The predicted molar refractivity (Wildman–Crippen MR) is 60.5 cm³/mol. The molecule has 0 radical (unpaired) electrons. The van der Waals surface area contributed by atoms with Gasteiger partial charge in [-0.2, -0.15) is 8.42 Å². The Morgan fingerprint density at radius 1 is 1.39 bits per heavy atom. The van der Waals surface area contributed by atoms with Crippen LogP contribution in [0.5, 0.6) is 0 Å². The van der Waals surface area contributed by atoms with Crippen molar-refractivity contribution in [2.24, 2.45) is 0 Å². The average molecular weight is 271 g/mol. The summed E-state index contributed by atoms with van der Waals surface area (Å²) in [6, 6.07) is 6.88. The highest BCUT2D eigenvalue weighted by Crippen LogP contribution is 2.10. The first-order chi connectivity index (χ1) is 8.46. The molecule has 18 heavy (non-hydrogen) atoms. The van der Waals surface area contributed by atoms with Crippen molar-refractivity contribution in [1.29, 1.82) is 0 Å². The van der Waals surface area contributed by atoms with Gasteiger partial charge in [-0.25, -0.2) is 4.79 Å². The van der Waals surface area contributed by atoms with Crippen LogP contribution in [0.2, 0.25) is 0 Å².